The monoisotopic (exact) mass is 633 g/mol. The van der Waals surface area contributed by atoms with Gasteiger partial charge >= 0.3 is 0 Å². The summed E-state index contributed by atoms with van der Waals surface area (Å²) in [6.45, 7) is 4.78. The molecule has 0 saturated heterocycles. The van der Waals surface area contributed by atoms with Crippen LogP contribution in [0.15, 0.2) is 71.6 Å². The Balaban J connectivity index is 0.00000216. The lowest BCUT2D eigenvalue weighted by molar-refractivity contribution is -0.122. The maximum Gasteiger partial charge on any atom is 0.290 e. The standard InChI is InChI=1S/C31H39F2N3O4S.CH2O2/c1-4-6-14-36(3)41(39,40)28-12-10-25(11-13-28)31(38)35-29(18-24-16-26(32)19-27(33)17-24)30(37)21-34-20-23-9-7-8-22(5-2)15-23;2-1-3/h7-13,15-17,19,29-30,34,37H,4-6,14,18,20-21H2,1-3H3,(H,35,38);1H,(H,2,3)/t29-,30+;/m0./s1. The molecule has 0 heterocycles. The van der Waals surface area contributed by atoms with Crippen LogP contribution in [0, 0.1) is 11.6 Å². The van der Waals surface area contributed by atoms with E-state index < -0.39 is 39.7 Å². The van der Waals surface area contributed by atoms with E-state index in [1.54, 1.807) is 0 Å². The minimum Gasteiger partial charge on any atom is -0.483 e. The molecule has 0 fully saturated rings. The Kier molecular flexibility index (Phi) is 15.1. The summed E-state index contributed by atoms with van der Waals surface area (Å²) in [7, 11) is -2.18. The molecule has 240 valence electrons. The molecule has 3 aromatic carbocycles. The van der Waals surface area contributed by atoms with Gasteiger partial charge in [0.2, 0.25) is 10.0 Å². The van der Waals surface area contributed by atoms with Gasteiger partial charge in [-0.25, -0.2) is 21.5 Å². The van der Waals surface area contributed by atoms with Crippen molar-refractivity contribution in [3.8, 4) is 0 Å². The lowest BCUT2D eigenvalue weighted by atomic mass is 10.00. The van der Waals surface area contributed by atoms with E-state index in [0.29, 0.717) is 13.1 Å². The van der Waals surface area contributed by atoms with Crippen LogP contribution < -0.4 is 10.6 Å². The van der Waals surface area contributed by atoms with Crippen molar-refractivity contribution in [1.29, 1.82) is 0 Å². The number of amides is 1. The van der Waals surface area contributed by atoms with Crippen LogP contribution in [0.2, 0.25) is 0 Å². The second kappa shape index (κ2) is 18.2. The molecule has 0 radical (unpaired) electrons. The lowest BCUT2D eigenvalue weighted by Gasteiger charge is -2.25. The van der Waals surface area contributed by atoms with E-state index >= 15 is 0 Å². The molecule has 44 heavy (non-hydrogen) atoms. The fourth-order valence-electron chi connectivity index (χ4n) is 4.44. The number of nitrogens with one attached hydrogen (secondary N) is 2. The molecule has 4 N–H and O–H groups in total. The molecule has 0 aliphatic heterocycles. The molecular formula is C32H41F2N3O6S. The van der Waals surface area contributed by atoms with Crippen molar-refractivity contribution in [2.24, 2.45) is 0 Å². The Morgan fingerprint density at radius 2 is 1.59 bits per heavy atom. The van der Waals surface area contributed by atoms with E-state index in [1.807, 2.05) is 25.1 Å². The number of aryl methyl sites for hydroxylation is 1. The Labute approximate surface area is 258 Å². The van der Waals surface area contributed by atoms with Gasteiger partial charge in [0.05, 0.1) is 17.0 Å². The number of carbonyl (C=O) groups is 2. The summed E-state index contributed by atoms with van der Waals surface area (Å²) in [4.78, 5) is 21.6. The molecule has 0 bridgehead atoms. The average Bonchev–Trinajstić information content (AvgIpc) is 2.99. The highest BCUT2D eigenvalue weighted by molar-refractivity contribution is 7.89. The summed E-state index contributed by atoms with van der Waals surface area (Å²) < 4.78 is 54.6. The van der Waals surface area contributed by atoms with Crippen molar-refractivity contribution in [2.45, 2.75) is 63.1 Å². The number of benzene rings is 3. The Morgan fingerprint density at radius 3 is 2.18 bits per heavy atom. The summed E-state index contributed by atoms with van der Waals surface area (Å²) in [5, 5.41) is 23.9. The van der Waals surface area contributed by atoms with Gasteiger partial charge in [-0.05, 0) is 72.4 Å². The van der Waals surface area contributed by atoms with Gasteiger partial charge in [-0.1, -0.05) is 44.5 Å². The van der Waals surface area contributed by atoms with Gasteiger partial charge in [0, 0.05) is 38.3 Å². The van der Waals surface area contributed by atoms with Crippen LogP contribution in [0.1, 0.15) is 53.7 Å². The zero-order valence-electron chi connectivity index (χ0n) is 25.2. The summed E-state index contributed by atoms with van der Waals surface area (Å²) in [6, 6.07) is 15.8. The number of rotatable bonds is 15. The normalized spacial score (nSPS) is 12.6. The van der Waals surface area contributed by atoms with Crippen LogP contribution >= 0.6 is 0 Å². The average molecular weight is 634 g/mol. The number of carbonyl (C=O) groups excluding carboxylic acids is 1. The Hall–Kier alpha value is -3.71. The molecule has 0 unspecified atom stereocenters. The second-order valence-electron chi connectivity index (χ2n) is 10.2. The van der Waals surface area contributed by atoms with Crippen LogP contribution in [0.3, 0.4) is 0 Å². The number of hydrogen-bond donors (Lipinski definition) is 4. The molecule has 2 atom stereocenters. The maximum atomic E-state index is 13.9. The predicted octanol–water partition coefficient (Wildman–Crippen LogP) is 4.14. The van der Waals surface area contributed by atoms with Gasteiger partial charge in [0.15, 0.2) is 0 Å². The van der Waals surface area contributed by atoms with Crippen LogP contribution in [-0.4, -0.2) is 67.6 Å². The van der Waals surface area contributed by atoms with Gasteiger partial charge in [-0.15, -0.1) is 0 Å². The number of aliphatic hydroxyl groups is 1. The van der Waals surface area contributed by atoms with Crippen molar-refractivity contribution < 1.29 is 37.0 Å². The van der Waals surface area contributed by atoms with E-state index in [2.05, 4.69) is 23.6 Å². The molecule has 0 aromatic heterocycles. The third-order valence-electron chi connectivity index (χ3n) is 6.89. The zero-order valence-corrected chi connectivity index (χ0v) is 26.0. The van der Waals surface area contributed by atoms with Gasteiger partial charge in [0.25, 0.3) is 12.4 Å². The first kappa shape index (κ1) is 36.5. The minimum absolute atomic E-state index is 0.0245. The molecule has 1 amide bonds. The first-order valence-corrected chi connectivity index (χ1v) is 15.8. The van der Waals surface area contributed by atoms with Gasteiger partial charge in [0.1, 0.15) is 11.6 Å². The number of hydrogen-bond acceptors (Lipinski definition) is 6. The molecule has 9 nitrogen and oxygen atoms in total. The fourth-order valence-corrected chi connectivity index (χ4v) is 5.65. The first-order chi connectivity index (χ1) is 20.9. The molecule has 12 heteroatoms. The van der Waals surface area contributed by atoms with Gasteiger partial charge < -0.3 is 20.8 Å². The third-order valence-corrected chi connectivity index (χ3v) is 8.76. The smallest absolute Gasteiger partial charge is 0.290 e. The van der Waals surface area contributed by atoms with Crippen molar-refractivity contribution in [3.05, 3.63) is 101 Å². The number of sulfonamides is 1. The summed E-state index contributed by atoms with van der Waals surface area (Å²) in [6.07, 6.45) is 1.37. The molecule has 0 aliphatic rings. The van der Waals surface area contributed by atoms with Crippen LogP contribution in [0.5, 0.6) is 0 Å². The van der Waals surface area contributed by atoms with Crippen LogP contribution in [0.4, 0.5) is 8.78 Å². The lowest BCUT2D eigenvalue weighted by Crippen LogP contribution is -2.48. The van der Waals surface area contributed by atoms with Gasteiger partial charge in [-0.3, -0.25) is 9.59 Å². The number of nitrogens with zero attached hydrogens (tertiary/aromatic N) is 1. The zero-order chi connectivity index (χ0) is 32.7. The molecule has 0 aliphatic carbocycles. The van der Waals surface area contributed by atoms with Crippen LogP contribution in [-0.2, 0) is 34.2 Å². The van der Waals surface area contributed by atoms with E-state index in [4.69, 9.17) is 9.90 Å². The molecule has 3 aromatic rings. The van der Waals surface area contributed by atoms with E-state index in [0.717, 1.165) is 43.0 Å². The predicted molar refractivity (Wildman–Crippen MR) is 165 cm³/mol. The fraction of sp³-hybridized carbons (Fsp3) is 0.375. The molecule has 0 saturated carbocycles. The number of carboxylic acid groups (broad SMARTS) is 1. The van der Waals surface area contributed by atoms with Gasteiger partial charge in [-0.2, -0.15) is 0 Å². The quantitative estimate of drug-likeness (QED) is 0.185. The maximum absolute atomic E-state index is 13.9. The van der Waals surface area contributed by atoms with Crippen molar-refractivity contribution in [1.82, 2.24) is 14.9 Å². The first-order valence-electron chi connectivity index (χ1n) is 14.3. The highest BCUT2D eigenvalue weighted by Crippen LogP contribution is 2.17. The van der Waals surface area contributed by atoms with Crippen LogP contribution in [0.25, 0.3) is 0 Å². The summed E-state index contributed by atoms with van der Waals surface area (Å²) >= 11 is 0. The number of unbranched alkanes of at least 4 members (excludes halogenated alkanes) is 1. The largest absolute Gasteiger partial charge is 0.483 e. The molecule has 3 rings (SSSR count). The summed E-state index contributed by atoms with van der Waals surface area (Å²) in [5.41, 5.74) is 2.69. The van der Waals surface area contributed by atoms with Crippen molar-refractivity contribution in [2.75, 3.05) is 20.1 Å². The SMILES string of the molecule is CCCCN(C)S(=O)(=O)c1ccc(C(=O)N[C@@H](Cc2cc(F)cc(F)c2)[C@H](O)CNCc2cccc(CC)c2)cc1.O=CO. The topological polar surface area (TPSA) is 136 Å². The van der Waals surface area contributed by atoms with Crippen molar-refractivity contribution in [3.63, 3.8) is 0 Å². The summed E-state index contributed by atoms with van der Waals surface area (Å²) in [5.74, 6) is -2.06. The van der Waals surface area contributed by atoms with Crippen molar-refractivity contribution >= 4 is 22.4 Å². The third kappa shape index (κ3) is 11.4. The Morgan fingerprint density at radius 1 is 0.977 bits per heavy atom. The van der Waals surface area contributed by atoms with E-state index in [1.165, 1.54) is 41.2 Å². The molecular weight excluding hydrogens is 592 g/mol. The Bertz CT molecular complexity index is 1430. The highest BCUT2D eigenvalue weighted by atomic mass is 32.2. The highest BCUT2D eigenvalue weighted by Gasteiger charge is 2.24. The van der Waals surface area contributed by atoms with E-state index in [-0.39, 0.29) is 35.5 Å². The molecule has 0 spiro atoms. The number of aliphatic hydroxyl groups excluding tert-OH is 1. The number of halogens is 2. The second-order valence-corrected chi connectivity index (χ2v) is 12.3. The minimum atomic E-state index is -3.69. The van der Waals surface area contributed by atoms with E-state index in [9.17, 15) is 27.1 Å².